The molecule has 1 N–H and O–H groups in total. The van der Waals surface area contributed by atoms with Gasteiger partial charge in [-0.05, 0) is 30.2 Å². The van der Waals surface area contributed by atoms with E-state index < -0.39 is 0 Å². The molecule has 0 aromatic carbocycles. The number of hydrogen-bond donors (Lipinski definition) is 1. The number of aliphatic hydroxyl groups excluding tert-OH is 1. The predicted octanol–water partition coefficient (Wildman–Crippen LogP) is 2.29. The van der Waals surface area contributed by atoms with Crippen LogP contribution in [0.25, 0.3) is 11.3 Å². The first kappa shape index (κ1) is 8.96. The third-order valence-corrected chi connectivity index (χ3v) is 4.79. The first-order chi connectivity index (χ1) is 7.84. The molecule has 3 heterocycles. The molecule has 2 aromatic rings. The van der Waals surface area contributed by atoms with Crippen LogP contribution in [0.4, 0.5) is 0 Å². The van der Waals surface area contributed by atoms with E-state index in [1.54, 1.807) is 0 Å². The predicted molar refractivity (Wildman–Crippen MR) is 62.4 cm³/mol. The van der Waals surface area contributed by atoms with Crippen LogP contribution in [0.2, 0.25) is 0 Å². The molecule has 1 aliphatic carbocycles. The molecule has 3 nitrogen and oxygen atoms in total. The second-order valence-electron chi connectivity index (χ2n) is 4.71. The fourth-order valence-electron chi connectivity index (χ4n) is 2.95. The molecule has 0 radical (unpaired) electrons. The van der Waals surface area contributed by atoms with Gasteiger partial charge in [-0.3, -0.25) is 0 Å². The van der Waals surface area contributed by atoms with Crippen LogP contribution in [-0.4, -0.2) is 20.8 Å². The van der Waals surface area contributed by atoms with Crippen molar-refractivity contribution in [1.29, 1.82) is 0 Å². The molecule has 1 unspecified atom stereocenters. The third-order valence-electron chi connectivity index (χ3n) is 3.80. The van der Waals surface area contributed by atoms with Crippen molar-refractivity contribution in [2.75, 3.05) is 0 Å². The summed E-state index contributed by atoms with van der Waals surface area (Å²) < 4.78 is 2.28. The van der Waals surface area contributed by atoms with Crippen LogP contribution < -0.4 is 0 Å². The van der Waals surface area contributed by atoms with Crippen LogP contribution in [-0.2, 0) is 0 Å². The summed E-state index contributed by atoms with van der Waals surface area (Å²) >= 11 is 1.83. The summed E-state index contributed by atoms with van der Waals surface area (Å²) in [6.07, 6.45) is 5.65. The number of rotatable bonds is 1. The zero-order valence-electron chi connectivity index (χ0n) is 8.71. The molecule has 1 atom stereocenters. The maximum absolute atomic E-state index is 9.45. The zero-order chi connectivity index (χ0) is 10.7. The van der Waals surface area contributed by atoms with E-state index in [1.807, 2.05) is 23.9 Å². The minimum Gasteiger partial charge on any atom is -0.393 e. The molecule has 4 rings (SSSR count). The molecule has 1 aliphatic heterocycles. The van der Waals surface area contributed by atoms with Gasteiger partial charge in [0.2, 0.25) is 0 Å². The molecule has 0 spiro atoms. The summed E-state index contributed by atoms with van der Waals surface area (Å²) in [5.74, 6) is 0.586. The summed E-state index contributed by atoms with van der Waals surface area (Å²) in [5.41, 5.74) is 2.58. The fourth-order valence-corrected chi connectivity index (χ4v) is 4.05. The highest BCUT2D eigenvalue weighted by molar-refractivity contribution is 7.10. The summed E-state index contributed by atoms with van der Waals surface area (Å²) in [6.45, 7) is 0. The van der Waals surface area contributed by atoms with Gasteiger partial charge in [0.25, 0.3) is 0 Å². The lowest BCUT2D eigenvalue weighted by molar-refractivity contribution is 0.0268. The highest BCUT2D eigenvalue weighted by atomic mass is 32.1. The van der Waals surface area contributed by atoms with Crippen LogP contribution in [0, 0.1) is 5.92 Å². The maximum atomic E-state index is 9.45. The summed E-state index contributed by atoms with van der Waals surface area (Å²) in [4.78, 5) is 5.69. The Hall–Kier alpha value is -1.13. The zero-order valence-corrected chi connectivity index (χ0v) is 9.52. The molecular formula is C12H12N2OS. The van der Waals surface area contributed by atoms with Gasteiger partial charge in [0.1, 0.15) is 0 Å². The molecule has 16 heavy (non-hydrogen) atoms. The van der Waals surface area contributed by atoms with Gasteiger partial charge in [0.05, 0.1) is 30.4 Å². The molecule has 1 fully saturated rings. The Morgan fingerprint density at radius 1 is 1.44 bits per heavy atom. The Bertz CT molecular complexity index is 498. The molecule has 2 aliphatic rings. The standard InChI is InChI=1S/C12H12N2OS/c15-8-3-7(4-8)11-12-9(1-2-16-12)10-5-13-6-14(10)11/h1-2,5-8,11,15H,3-4H2. The highest BCUT2D eigenvalue weighted by Crippen LogP contribution is 2.50. The van der Waals surface area contributed by atoms with E-state index in [1.165, 1.54) is 16.1 Å². The van der Waals surface area contributed by atoms with E-state index in [0.717, 1.165) is 12.8 Å². The second-order valence-corrected chi connectivity index (χ2v) is 5.66. The van der Waals surface area contributed by atoms with Crippen LogP contribution in [0.1, 0.15) is 23.8 Å². The van der Waals surface area contributed by atoms with Crippen LogP contribution in [0.3, 0.4) is 0 Å². The molecule has 0 amide bonds. The normalized spacial score (nSPS) is 30.9. The largest absolute Gasteiger partial charge is 0.393 e. The topological polar surface area (TPSA) is 38.1 Å². The lowest BCUT2D eigenvalue weighted by Gasteiger charge is -2.36. The monoisotopic (exact) mass is 232 g/mol. The van der Waals surface area contributed by atoms with Crippen LogP contribution in [0.15, 0.2) is 24.0 Å². The minimum atomic E-state index is -0.0824. The SMILES string of the molecule is OC1CC(C2c3sccc3-c3cncn32)C1. The highest BCUT2D eigenvalue weighted by Gasteiger charge is 2.41. The van der Waals surface area contributed by atoms with E-state index in [2.05, 4.69) is 21.0 Å². The molecule has 2 aromatic heterocycles. The van der Waals surface area contributed by atoms with E-state index in [0.29, 0.717) is 12.0 Å². The van der Waals surface area contributed by atoms with Crippen molar-refractivity contribution in [3.05, 3.63) is 28.8 Å². The maximum Gasteiger partial charge on any atom is 0.0957 e. The van der Waals surface area contributed by atoms with Crippen molar-refractivity contribution in [1.82, 2.24) is 9.55 Å². The lowest BCUT2D eigenvalue weighted by Crippen LogP contribution is -2.34. The molecule has 4 heteroatoms. The number of thiophene rings is 1. The number of aliphatic hydroxyl groups is 1. The van der Waals surface area contributed by atoms with Crippen molar-refractivity contribution in [3.63, 3.8) is 0 Å². The van der Waals surface area contributed by atoms with E-state index in [9.17, 15) is 5.11 Å². The Morgan fingerprint density at radius 3 is 3.12 bits per heavy atom. The van der Waals surface area contributed by atoms with Gasteiger partial charge < -0.3 is 9.67 Å². The quantitative estimate of drug-likeness (QED) is 0.819. The van der Waals surface area contributed by atoms with Crippen molar-refractivity contribution < 1.29 is 5.11 Å². The van der Waals surface area contributed by atoms with E-state index in [4.69, 9.17) is 0 Å². The Kier molecular flexibility index (Phi) is 1.66. The molecule has 1 saturated carbocycles. The smallest absolute Gasteiger partial charge is 0.0957 e. The van der Waals surface area contributed by atoms with Crippen molar-refractivity contribution in [2.24, 2.45) is 5.92 Å². The number of hydrogen-bond acceptors (Lipinski definition) is 3. The third kappa shape index (κ3) is 0.987. The number of fused-ring (bicyclic) bond motifs is 3. The van der Waals surface area contributed by atoms with Gasteiger partial charge in [-0.25, -0.2) is 4.98 Å². The van der Waals surface area contributed by atoms with Crippen LogP contribution in [0.5, 0.6) is 0 Å². The molecule has 82 valence electrons. The Labute approximate surface area is 97.4 Å². The van der Waals surface area contributed by atoms with Gasteiger partial charge >= 0.3 is 0 Å². The molecule has 0 bridgehead atoms. The number of aromatic nitrogens is 2. The first-order valence-corrected chi connectivity index (χ1v) is 6.50. The van der Waals surface area contributed by atoms with Gasteiger partial charge in [-0.2, -0.15) is 0 Å². The first-order valence-electron chi connectivity index (χ1n) is 5.62. The average Bonchev–Trinajstić information content (AvgIpc) is 2.84. The Balaban J connectivity index is 1.83. The van der Waals surface area contributed by atoms with E-state index >= 15 is 0 Å². The Morgan fingerprint density at radius 2 is 2.31 bits per heavy atom. The van der Waals surface area contributed by atoms with Gasteiger partial charge in [-0.15, -0.1) is 11.3 Å². The van der Waals surface area contributed by atoms with Crippen LogP contribution >= 0.6 is 11.3 Å². The number of imidazole rings is 1. The minimum absolute atomic E-state index is 0.0824. The molecule has 0 saturated heterocycles. The van der Waals surface area contributed by atoms with Crippen molar-refractivity contribution in [3.8, 4) is 11.3 Å². The summed E-state index contributed by atoms with van der Waals surface area (Å²) in [7, 11) is 0. The van der Waals surface area contributed by atoms with Gasteiger partial charge in [0.15, 0.2) is 0 Å². The summed E-state index contributed by atoms with van der Waals surface area (Å²) in [6, 6.07) is 2.61. The average molecular weight is 232 g/mol. The van der Waals surface area contributed by atoms with Crippen molar-refractivity contribution in [2.45, 2.75) is 25.0 Å². The molecular weight excluding hydrogens is 220 g/mol. The van der Waals surface area contributed by atoms with Crippen molar-refractivity contribution >= 4 is 11.3 Å². The number of nitrogens with zero attached hydrogens (tertiary/aromatic N) is 2. The lowest BCUT2D eigenvalue weighted by atomic mass is 9.77. The summed E-state index contributed by atoms with van der Waals surface area (Å²) in [5, 5.41) is 11.6. The van der Waals surface area contributed by atoms with Gasteiger partial charge in [0, 0.05) is 10.4 Å². The van der Waals surface area contributed by atoms with Gasteiger partial charge in [-0.1, -0.05) is 0 Å². The van der Waals surface area contributed by atoms with E-state index in [-0.39, 0.29) is 6.10 Å². The second kappa shape index (κ2) is 2.96. The fraction of sp³-hybridized carbons (Fsp3) is 0.417.